The fraction of sp³-hybridized carbons (Fsp3) is 0. The predicted octanol–water partition coefficient (Wildman–Crippen LogP) is 2.99. The summed E-state index contributed by atoms with van der Waals surface area (Å²) in [5.41, 5.74) is 0.963. The van der Waals surface area contributed by atoms with Crippen LogP contribution in [0.2, 0.25) is 5.02 Å². The molecule has 0 radical (unpaired) electrons. The molecule has 3 aromatic rings. The number of anilines is 1. The van der Waals surface area contributed by atoms with Crippen molar-refractivity contribution < 1.29 is 17.6 Å². The molecule has 0 aliphatic heterocycles. The molecule has 0 spiro atoms. The SMILES string of the molecule is NS(=O)(=O)c1ccc(NC(=O)c2cc3cc(Cl)ccc3o2)cc1. The van der Waals surface area contributed by atoms with Gasteiger partial charge in [-0.05, 0) is 48.5 Å². The highest BCUT2D eigenvalue weighted by Crippen LogP contribution is 2.23. The lowest BCUT2D eigenvalue weighted by Crippen LogP contribution is -2.13. The molecule has 3 rings (SSSR count). The number of halogens is 1. The van der Waals surface area contributed by atoms with Crippen LogP contribution in [-0.4, -0.2) is 14.3 Å². The molecule has 1 amide bonds. The van der Waals surface area contributed by atoms with Crippen LogP contribution in [0.25, 0.3) is 11.0 Å². The Bertz CT molecular complexity index is 994. The van der Waals surface area contributed by atoms with Gasteiger partial charge in [0.05, 0.1) is 4.90 Å². The van der Waals surface area contributed by atoms with Crippen LogP contribution < -0.4 is 10.5 Å². The number of sulfonamides is 1. The molecular weight excluding hydrogens is 340 g/mol. The van der Waals surface area contributed by atoms with E-state index in [2.05, 4.69) is 5.32 Å². The molecule has 3 N–H and O–H groups in total. The van der Waals surface area contributed by atoms with Gasteiger partial charge in [0.25, 0.3) is 5.91 Å². The Morgan fingerprint density at radius 1 is 1.09 bits per heavy atom. The molecule has 1 heterocycles. The predicted molar refractivity (Wildman–Crippen MR) is 87.0 cm³/mol. The number of hydrogen-bond acceptors (Lipinski definition) is 4. The monoisotopic (exact) mass is 350 g/mol. The zero-order valence-corrected chi connectivity index (χ0v) is 13.2. The highest BCUT2D eigenvalue weighted by Gasteiger charge is 2.13. The van der Waals surface area contributed by atoms with E-state index in [1.165, 1.54) is 24.3 Å². The summed E-state index contributed by atoms with van der Waals surface area (Å²) in [5.74, 6) is -0.335. The lowest BCUT2D eigenvalue weighted by atomic mass is 10.2. The second-order valence-corrected chi connectivity index (χ2v) is 6.81. The molecule has 1 aromatic heterocycles. The van der Waals surface area contributed by atoms with E-state index < -0.39 is 15.9 Å². The van der Waals surface area contributed by atoms with Gasteiger partial charge in [0.2, 0.25) is 10.0 Å². The molecule has 6 nitrogen and oxygen atoms in total. The van der Waals surface area contributed by atoms with Crippen molar-refractivity contribution in [2.24, 2.45) is 5.14 Å². The van der Waals surface area contributed by atoms with E-state index in [1.807, 2.05) is 0 Å². The molecule has 0 aliphatic carbocycles. The van der Waals surface area contributed by atoms with Crippen LogP contribution >= 0.6 is 11.6 Å². The summed E-state index contributed by atoms with van der Waals surface area (Å²) in [6, 6.07) is 12.1. The number of furan rings is 1. The number of carbonyl (C=O) groups is 1. The molecule has 23 heavy (non-hydrogen) atoms. The van der Waals surface area contributed by atoms with E-state index >= 15 is 0 Å². The maximum absolute atomic E-state index is 12.2. The van der Waals surface area contributed by atoms with Gasteiger partial charge in [-0.25, -0.2) is 13.6 Å². The number of amides is 1. The molecule has 0 saturated heterocycles. The molecule has 118 valence electrons. The molecule has 0 fully saturated rings. The second kappa shape index (κ2) is 5.69. The van der Waals surface area contributed by atoms with Crippen LogP contribution in [0.15, 0.2) is 57.8 Å². The highest BCUT2D eigenvalue weighted by molar-refractivity contribution is 7.89. The van der Waals surface area contributed by atoms with E-state index in [-0.39, 0.29) is 10.7 Å². The quantitative estimate of drug-likeness (QED) is 0.757. The number of nitrogens with two attached hydrogens (primary N) is 1. The minimum atomic E-state index is -3.77. The summed E-state index contributed by atoms with van der Waals surface area (Å²) in [7, 11) is -3.77. The summed E-state index contributed by atoms with van der Waals surface area (Å²) in [6.45, 7) is 0. The number of benzene rings is 2. The standard InChI is InChI=1S/C15H11ClN2O4S/c16-10-1-6-13-9(7-10)8-14(22-13)15(19)18-11-2-4-12(5-3-11)23(17,20)21/h1-8H,(H,18,19)(H2,17,20,21). The van der Waals surface area contributed by atoms with E-state index in [0.717, 1.165) is 0 Å². The first-order valence-corrected chi connectivity index (χ1v) is 8.39. The van der Waals surface area contributed by atoms with Gasteiger partial charge in [-0.2, -0.15) is 0 Å². The molecule has 0 aliphatic rings. The van der Waals surface area contributed by atoms with Crippen molar-refractivity contribution in [2.75, 3.05) is 5.32 Å². The van der Waals surface area contributed by atoms with Gasteiger partial charge in [-0.1, -0.05) is 11.6 Å². The van der Waals surface area contributed by atoms with Crippen molar-refractivity contribution in [1.29, 1.82) is 0 Å². The number of fused-ring (bicyclic) bond motifs is 1. The molecule has 0 saturated carbocycles. The lowest BCUT2D eigenvalue weighted by molar-refractivity contribution is 0.0998. The topological polar surface area (TPSA) is 102 Å². The Balaban J connectivity index is 1.82. The Morgan fingerprint density at radius 3 is 2.43 bits per heavy atom. The maximum atomic E-state index is 12.2. The number of primary sulfonamides is 1. The van der Waals surface area contributed by atoms with Crippen molar-refractivity contribution in [1.82, 2.24) is 0 Å². The Hall–Kier alpha value is -2.35. The summed E-state index contributed by atoms with van der Waals surface area (Å²) in [4.78, 5) is 12.1. The van der Waals surface area contributed by atoms with E-state index in [1.54, 1.807) is 24.3 Å². The highest BCUT2D eigenvalue weighted by atomic mass is 35.5. The van der Waals surface area contributed by atoms with Crippen molar-refractivity contribution >= 4 is 44.2 Å². The molecule has 0 unspecified atom stereocenters. The zero-order valence-electron chi connectivity index (χ0n) is 11.6. The van der Waals surface area contributed by atoms with Crippen LogP contribution in [-0.2, 0) is 10.0 Å². The first-order valence-electron chi connectivity index (χ1n) is 6.46. The average Bonchev–Trinajstić information content (AvgIpc) is 2.90. The van der Waals surface area contributed by atoms with E-state index in [9.17, 15) is 13.2 Å². The van der Waals surface area contributed by atoms with Gasteiger partial charge in [0.1, 0.15) is 5.58 Å². The Labute approximate surface area is 136 Å². The fourth-order valence-corrected chi connectivity index (χ4v) is 2.74. The summed E-state index contributed by atoms with van der Waals surface area (Å²) < 4.78 is 27.8. The summed E-state index contributed by atoms with van der Waals surface area (Å²) in [5, 5.41) is 8.88. The Kier molecular flexibility index (Phi) is 3.85. The molecule has 0 atom stereocenters. The van der Waals surface area contributed by atoms with Gasteiger partial charge in [-0.3, -0.25) is 4.79 Å². The van der Waals surface area contributed by atoms with Crippen LogP contribution in [0.1, 0.15) is 10.6 Å². The smallest absolute Gasteiger partial charge is 0.291 e. The lowest BCUT2D eigenvalue weighted by Gasteiger charge is -2.04. The van der Waals surface area contributed by atoms with Crippen LogP contribution in [0, 0.1) is 0 Å². The second-order valence-electron chi connectivity index (χ2n) is 4.82. The summed E-state index contributed by atoms with van der Waals surface area (Å²) in [6.07, 6.45) is 0. The van der Waals surface area contributed by atoms with Gasteiger partial charge in [0, 0.05) is 16.1 Å². The number of hydrogen-bond donors (Lipinski definition) is 2. The average molecular weight is 351 g/mol. The number of rotatable bonds is 3. The van der Waals surface area contributed by atoms with Gasteiger partial charge >= 0.3 is 0 Å². The number of nitrogens with one attached hydrogen (secondary N) is 1. The third-order valence-corrected chi connectivity index (χ3v) is 4.31. The van der Waals surface area contributed by atoms with Crippen molar-refractivity contribution in [3.63, 3.8) is 0 Å². The molecular formula is C15H11ClN2O4S. The van der Waals surface area contributed by atoms with Gasteiger partial charge < -0.3 is 9.73 Å². The van der Waals surface area contributed by atoms with Gasteiger partial charge in [-0.15, -0.1) is 0 Å². The van der Waals surface area contributed by atoms with Crippen LogP contribution in [0.4, 0.5) is 5.69 Å². The first kappa shape index (κ1) is 15.5. The van der Waals surface area contributed by atoms with Crippen molar-refractivity contribution in [2.45, 2.75) is 4.90 Å². The molecule has 0 bridgehead atoms. The van der Waals surface area contributed by atoms with Crippen molar-refractivity contribution in [3.8, 4) is 0 Å². The van der Waals surface area contributed by atoms with Crippen LogP contribution in [0.3, 0.4) is 0 Å². The Morgan fingerprint density at radius 2 is 1.78 bits per heavy atom. The molecule has 2 aromatic carbocycles. The largest absolute Gasteiger partial charge is 0.451 e. The fourth-order valence-electron chi connectivity index (χ4n) is 2.05. The zero-order chi connectivity index (χ0) is 16.6. The normalized spacial score (nSPS) is 11.6. The third-order valence-electron chi connectivity index (χ3n) is 3.14. The third kappa shape index (κ3) is 3.37. The molecule has 8 heteroatoms. The number of carbonyl (C=O) groups excluding carboxylic acids is 1. The summed E-state index contributed by atoms with van der Waals surface area (Å²) >= 11 is 5.89. The maximum Gasteiger partial charge on any atom is 0.291 e. The van der Waals surface area contributed by atoms with E-state index in [4.69, 9.17) is 21.2 Å². The van der Waals surface area contributed by atoms with E-state index in [0.29, 0.717) is 21.7 Å². The van der Waals surface area contributed by atoms with Crippen molar-refractivity contribution in [3.05, 3.63) is 59.3 Å². The van der Waals surface area contributed by atoms with Crippen LogP contribution in [0.5, 0.6) is 0 Å². The minimum absolute atomic E-state index is 0.0334. The van der Waals surface area contributed by atoms with Gasteiger partial charge in [0.15, 0.2) is 5.76 Å². The first-order chi connectivity index (χ1) is 10.8. The minimum Gasteiger partial charge on any atom is -0.451 e.